The summed E-state index contributed by atoms with van der Waals surface area (Å²) < 4.78 is 5.54. The van der Waals surface area contributed by atoms with Gasteiger partial charge in [-0.25, -0.2) is 15.0 Å². The van der Waals surface area contributed by atoms with Crippen molar-refractivity contribution in [2.75, 3.05) is 19.0 Å². The number of aromatic nitrogens is 4. The first-order chi connectivity index (χ1) is 14.3. The molecule has 0 saturated heterocycles. The van der Waals surface area contributed by atoms with Crippen molar-refractivity contribution in [2.45, 2.75) is 13.3 Å². The van der Waals surface area contributed by atoms with Gasteiger partial charge in [0.25, 0.3) is 0 Å². The zero-order valence-corrected chi connectivity index (χ0v) is 17.1. The molecule has 0 aliphatic rings. The van der Waals surface area contributed by atoms with Crippen molar-refractivity contribution in [2.24, 2.45) is 0 Å². The molecule has 0 spiro atoms. The highest BCUT2D eigenvalue weighted by Crippen LogP contribution is 2.34. The predicted molar refractivity (Wildman–Crippen MR) is 117 cm³/mol. The van der Waals surface area contributed by atoms with Crippen LogP contribution >= 0.6 is 11.3 Å². The van der Waals surface area contributed by atoms with Gasteiger partial charge >= 0.3 is 0 Å². The molecule has 4 aromatic rings. The molecule has 3 heterocycles. The summed E-state index contributed by atoms with van der Waals surface area (Å²) in [6.07, 6.45) is 4.64. The largest absolute Gasteiger partial charge is 0.496 e. The molecule has 0 saturated carbocycles. The van der Waals surface area contributed by atoms with Crippen LogP contribution in [-0.2, 0) is 0 Å². The lowest BCUT2D eigenvalue weighted by molar-refractivity contribution is 0.416. The number of ether oxygens (including phenoxy) is 1. The van der Waals surface area contributed by atoms with Crippen LogP contribution in [0.15, 0.2) is 60.9 Å². The van der Waals surface area contributed by atoms with E-state index in [0.717, 1.165) is 51.4 Å². The fourth-order valence-electron chi connectivity index (χ4n) is 2.88. The van der Waals surface area contributed by atoms with Crippen LogP contribution < -0.4 is 10.1 Å². The number of methoxy groups -OCH3 is 1. The fourth-order valence-corrected chi connectivity index (χ4v) is 3.69. The number of thiazole rings is 1. The maximum atomic E-state index is 5.54. The molecule has 1 N–H and O–H groups in total. The highest BCUT2D eigenvalue weighted by atomic mass is 32.1. The first kappa shape index (κ1) is 19.0. The Labute approximate surface area is 173 Å². The van der Waals surface area contributed by atoms with Crippen molar-refractivity contribution in [1.29, 1.82) is 0 Å². The zero-order valence-electron chi connectivity index (χ0n) is 16.3. The van der Waals surface area contributed by atoms with Gasteiger partial charge in [-0.2, -0.15) is 0 Å². The van der Waals surface area contributed by atoms with Crippen LogP contribution in [-0.4, -0.2) is 33.6 Å². The van der Waals surface area contributed by atoms with E-state index in [9.17, 15) is 0 Å². The Balaban J connectivity index is 1.84. The standard InChI is InChI=1S/C22H21N5OS/c1-3-11-24-22-25-14-20(29-22)18-13-17(15-8-4-5-10-19(15)28-2)26-21(27-18)16-9-6-7-12-23-16/h4-10,12-14H,3,11H2,1-2H3,(H,24,25). The van der Waals surface area contributed by atoms with Crippen LogP contribution in [0.4, 0.5) is 5.13 Å². The van der Waals surface area contributed by atoms with Gasteiger partial charge in [0.1, 0.15) is 11.4 Å². The predicted octanol–water partition coefficient (Wildman–Crippen LogP) is 5.16. The van der Waals surface area contributed by atoms with Crippen molar-refractivity contribution >= 4 is 16.5 Å². The van der Waals surface area contributed by atoms with Crippen LogP contribution in [0.1, 0.15) is 13.3 Å². The zero-order chi connectivity index (χ0) is 20.1. The normalized spacial score (nSPS) is 10.7. The molecule has 0 fully saturated rings. The number of nitrogens with one attached hydrogen (secondary N) is 1. The van der Waals surface area contributed by atoms with E-state index < -0.39 is 0 Å². The van der Waals surface area contributed by atoms with Crippen molar-refractivity contribution in [3.63, 3.8) is 0 Å². The minimum Gasteiger partial charge on any atom is -0.496 e. The maximum absolute atomic E-state index is 5.54. The molecule has 0 bridgehead atoms. The molecule has 3 aromatic heterocycles. The summed E-state index contributed by atoms with van der Waals surface area (Å²) in [5.41, 5.74) is 3.22. The third-order valence-corrected chi connectivity index (χ3v) is 5.26. The third-order valence-electron chi connectivity index (χ3n) is 4.29. The number of hydrogen-bond acceptors (Lipinski definition) is 7. The van der Waals surface area contributed by atoms with Crippen molar-refractivity contribution in [3.8, 4) is 39.1 Å². The van der Waals surface area contributed by atoms with E-state index in [4.69, 9.17) is 14.7 Å². The van der Waals surface area contributed by atoms with Crippen LogP contribution in [0.2, 0.25) is 0 Å². The summed E-state index contributed by atoms with van der Waals surface area (Å²) in [6, 6.07) is 15.5. The van der Waals surface area contributed by atoms with Gasteiger partial charge in [-0.1, -0.05) is 36.5 Å². The molecule has 6 nitrogen and oxygen atoms in total. The molecule has 7 heteroatoms. The molecular formula is C22H21N5OS. The van der Waals surface area contributed by atoms with E-state index in [0.29, 0.717) is 5.82 Å². The van der Waals surface area contributed by atoms with E-state index in [2.05, 4.69) is 22.2 Å². The Bertz CT molecular complexity index is 1100. The summed E-state index contributed by atoms with van der Waals surface area (Å²) in [5.74, 6) is 1.33. The Morgan fingerprint density at radius 3 is 2.59 bits per heavy atom. The average Bonchev–Trinajstić information content (AvgIpc) is 3.27. The highest BCUT2D eigenvalue weighted by molar-refractivity contribution is 7.18. The topological polar surface area (TPSA) is 72.8 Å². The molecule has 29 heavy (non-hydrogen) atoms. The molecule has 0 aliphatic heterocycles. The van der Waals surface area contributed by atoms with Crippen molar-refractivity contribution in [3.05, 3.63) is 60.9 Å². The lowest BCUT2D eigenvalue weighted by Gasteiger charge is -2.10. The van der Waals surface area contributed by atoms with Gasteiger partial charge in [-0.3, -0.25) is 4.98 Å². The Morgan fingerprint density at radius 1 is 0.966 bits per heavy atom. The molecular weight excluding hydrogens is 382 g/mol. The minimum atomic E-state index is 0.570. The van der Waals surface area contributed by atoms with E-state index in [1.807, 2.05) is 54.7 Å². The second-order valence-corrected chi connectivity index (χ2v) is 7.36. The number of rotatable bonds is 7. The molecule has 0 unspecified atom stereocenters. The monoisotopic (exact) mass is 403 g/mol. The van der Waals surface area contributed by atoms with E-state index >= 15 is 0 Å². The molecule has 146 valence electrons. The van der Waals surface area contributed by atoms with Crippen LogP contribution in [0, 0.1) is 0 Å². The summed E-state index contributed by atoms with van der Waals surface area (Å²) in [6.45, 7) is 3.02. The lowest BCUT2D eigenvalue weighted by atomic mass is 10.1. The molecule has 0 amide bonds. The van der Waals surface area contributed by atoms with Crippen LogP contribution in [0.25, 0.3) is 33.3 Å². The van der Waals surface area contributed by atoms with Gasteiger partial charge in [-0.05, 0) is 36.8 Å². The van der Waals surface area contributed by atoms with Crippen LogP contribution in [0.5, 0.6) is 5.75 Å². The van der Waals surface area contributed by atoms with Gasteiger partial charge in [0, 0.05) is 24.5 Å². The minimum absolute atomic E-state index is 0.570. The lowest BCUT2D eigenvalue weighted by Crippen LogP contribution is -1.98. The van der Waals surface area contributed by atoms with Gasteiger partial charge in [0.2, 0.25) is 0 Å². The summed E-state index contributed by atoms with van der Waals surface area (Å²) in [7, 11) is 1.66. The van der Waals surface area contributed by atoms with Crippen molar-refractivity contribution in [1.82, 2.24) is 19.9 Å². The van der Waals surface area contributed by atoms with Gasteiger partial charge in [-0.15, -0.1) is 0 Å². The maximum Gasteiger partial charge on any atom is 0.183 e. The second-order valence-electron chi connectivity index (χ2n) is 6.33. The number of benzene rings is 1. The fraction of sp³-hybridized carbons (Fsp3) is 0.182. The Morgan fingerprint density at radius 2 is 1.79 bits per heavy atom. The molecule has 0 atom stereocenters. The number of pyridine rings is 1. The van der Waals surface area contributed by atoms with E-state index in [1.165, 1.54) is 0 Å². The molecule has 0 aliphatic carbocycles. The van der Waals surface area contributed by atoms with Crippen LogP contribution in [0.3, 0.4) is 0 Å². The Hall–Kier alpha value is -3.32. The van der Waals surface area contributed by atoms with Gasteiger partial charge < -0.3 is 10.1 Å². The molecule has 4 rings (SSSR count). The summed E-state index contributed by atoms with van der Waals surface area (Å²) in [4.78, 5) is 19.4. The molecule has 0 radical (unpaired) electrons. The summed E-state index contributed by atoms with van der Waals surface area (Å²) >= 11 is 1.58. The van der Waals surface area contributed by atoms with E-state index in [1.54, 1.807) is 24.6 Å². The highest BCUT2D eigenvalue weighted by Gasteiger charge is 2.15. The second kappa shape index (κ2) is 8.79. The number of anilines is 1. The van der Waals surface area contributed by atoms with Gasteiger partial charge in [0.15, 0.2) is 11.0 Å². The number of nitrogens with zero attached hydrogens (tertiary/aromatic N) is 4. The third kappa shape index (κ3) is 4.25. The molecule has 1 aromatic carbocycles. The van der Waals surface area contributed by atoms with E-state index in [-0.39, 0.29) is 0 Å². The SMILES string of the molecule is CCCNc1ncc(-c2cc(-c3ccccc3OC)nc(-c3ccccn3)n2)s1. The smallest absolute Gasteiger partial charge is 0.183 e. The van der Waals surface area contributed by atoms with Crippen molar-refractivity contribution < 1.29 is 4.74 Å². The first-order valence-corrected chi connectivity index (χ1v) is 10.2. The number of hydrogen-bond donors (Lipinski definition) is 1. The average molecular weight is 404 g/mol. The summed E-state index contributed by atoms with van der Waals surface area (Å²) in [5, 5.41) is 4.21. The Kier molecular flexibility index (Phi) is 5.76. The number of para-hydroxylation sites is 1. The first-order valence-electron chi connectivity index (χ1n) is 9.42. The quantitative estimate of drug-likeness (QED) is 0.459. The van der Waals surface area contributed by atoms with Gasteiger partial charge in [0.05, 0.1) is 23.4 Å².